The molecule has 5 rings (SSSR count). The van der Waals surface area contributed by atoms with Gasteiger partial charge in [-0.1, -0.05) is 0 Å². The zero-order chi connectivity index (χ0) is 28.8. The number of phenols is 1. The van der Waals surface area contributed by atoms with Gasteiger partial charge in [0.15, 0.2) is 11.4 Å². The molecule has 0 heterocycles. The molecule has 1 aromatic rings. The number of primary amides is 1. The minimum Gasteiger partial charge on any atom is -0.510 e. The lowest BCUT2D eigenvalue weighted by atomic mass is 9.58. The molecule has 1 fully saturated rings. The predicted octanol–water partition coefficient (Wildman–Crippen LogP) is 1.54. The third-order valence-electron chi connectivity index (χ3n) is 9.06. The molecule has 1 saturated carbocycles. The number of fused-ring (bicyclic) bond motifs is 3. The van der Waals surface area contributed by atoms with Crippen LogP contribution < -0.4 is 11.1 Å². The van der Waals surface area contributed by atoms with E-state index in [4.69, 9.17) is 5.73 Å². The summed E-state index contributed by atoms with van der Waals surface area (Å²) >= 11 is 0. The Kier molecular flexibility index (Phi) is 6.21. The van der Waals surface area contributed by atoms with Crippen molar-refractivity contribution in [3.8, 4) is 5.75 Å². The fourth-order valence-corrected chi connectivity index (χ4v) is 6.75. The molecule has 0 spiro atoms. The van der Waals surface area contributed by atoms with E-state index >= 15 is 4.39 Å². The van der Waals surface area contributed by atoms with E-state index in [9.17, 15) is 34.8 Å². The van der Waals surface area contributed by atoms with Crippen LogP contribution in [0.4, 0.5) is 4.39 Å². The van der Waals surface area contributed by atoms with Crippen molar-refractivity contribution in [3.63, 3.8) is 0 Å². The Balaban J connectivity index is 1.60. The fourth-order valence-electron chi connectivity index (χ4n) is 6.75. The molecular formula is C28H34FN3O7. The fraction of sp³-hybridized carbons (Fsp3) is 0.536. The summed E-state index contributed by atoms with van der Waals surface area (Å²) in [5, 5.41) is 47.9. The molecule has 0 aliphatic heterocycles. The van der Waals surface area contributed by atoms with Gasteiger partial charge in [-0.2, -0.15) is 0 Å². The molecule has 1 aromatic carbocycles. The van der Waals surface area contributed by atoms with Crippen LogP contribution in [-0.2, 0) is 22.6 Å². The van der Waals surface area contributed by atoms with E-state index in [0.29, 0.717) is 5.92 Å². The van der Waals surface area contributed by atoms with Gasteiger partial charge in [-0.3, -0.25) is 19.3 Å². The smallest absolute Gasteiger partial charge is 0.255 e. The summed E-state index contributed by atoms with van der Waals surface area (Å²) in [7, 11) is 3.10. The van der Waals surface area contributed by atoms with Crippen LogP contribution >= 0.6 is 0 Å². The number of carbonyl (C=O) groups is 3. The van der Waals surface area contributed by atoms with E-state index in [-0.39, 0.29) is 47.2 Å². The van der Waals surface area contributed by atoms with Crippen LogP contribution in [0.5, 0.6) is 5.75 Å². The van der Waals surface area contributed by atoms with Gasteiger partial charge in [-0.05, 0) is 71.5 Å². The van der Waals surface area contributed by atoms with Crippen molar-refractivity contribution in [2.75, 3.05) is 14.1 Å². The number of phenolic OH excluding ortho intramolecular Hbond substituents is 1. The number of aliphatic hydroxyl groups excluding tert-OH is 2. The Labute approximate surface area is 225 Å². The predicted molar refractivity (Wildman–Crippen MR) is 137 cm³/mol. The Morgan fingerprint density at radius 1 is 1.23 bits per heavy atom. The number of carbonyl (C=O) groups excluding carboxylic acids is 3. The Morgan fingerprint density at radius 3 is 2.44 bits per heavy atom. The highest BCUT2D eigenvalue weighted by molar-refractivity contribution is 6.24. The summed E-state index contributed by atoms with van der Waals surface area (Å²) in [5.74, 6) is -7.75. The number of halogens is 1. The minimum atomic E-state index is -2.73. The van der Waals surface area contributed by atoms with Crippen LogP contribution in [0.1, 0.15) is 54.6 Å². The topological polar surface area (TPSA) is 173 Å². The molecule has 0 aromatic heterocycles. The lowest BCUT2D eigenvalue weighted by Gasteiger charge is -2.50. The molecule has 11 heteroatoms. The molecule has 4 aliphatic rings. The molecule has 1 amide bonds. The first-order valence-corrected chi connectivity index (χ1v) is 13.1. The van der Waals surface area contributed by atoms with Crippen LogP contribution in [0.25, 0.3) is 0 Å². The molecule has 0 saturated heterocycles. The van der Waals surface area contributed by atoms with Crippen LogP contribution in [0.15, 0.2) is 28.7 Å². The number of hydrogen-bond donors (Lipinski definition) is 6. The largest absolute Gasteiger partial charge is 0.510 e. The first kappa shape index (κ1) is 27.3. The number of likely N-dealkylation sites (N-methyl/N-ethyl adjacent to an activating group) is 1. The van der Waals surface area contributed by atoms with Gasteiger partial charge < -0.3 is 31.5 Å². The molecule has 0 radical (unpaired) electrons. The molecule has 4 atom stereocenters. The average molecular weight is 544 g/mol. The van der Waals surface area contributed by atoms with Gasteiger partial charge in [-0.25, -0.2) is 4.39 Å². The van der Waals surface area contributed by atoms with Gasteiger partial charge >= 0.3 is 0 Å². The number of Topliss-reactive ketones (excluding diaryl/α,β-unsaturated/α-hetero) is 2. The number of aliphatic hydroxyl groups is 3. The van der Waals surface area contributed by atoms with Crippen molar-refractivity contribution in [1.29, 1.82) is 0 Å². The zero-order valence-corrected chi connectivity index (χ0v) is 22.3. The summed E-state index contributed by atoms with van der Waals surface area (Å²) in [6, 6.07) is 0.0778. The van der Waals surface area contributed by atoms with Gasteiger partial charge in [-0.15, -0.1) is 0 Å². The second kappa shape index (κ2) is 8.87. The Bertz CT molecular complexity index is 1380. The number of benzene rings is 1. The van der Waals surface area contributed by atoms with E-state index in [1.54, 1.807) is 14.1 Å². The highest BCUT2D eigenvalue weighted by Crippen LogP contribution is 2.52. The number of amides is 1. The van der Waals surface area contributed by atoms with E-state index in [1.165, 1.54) is 11.0 Å². The molecule has 4 aliphatic carbocycles. The van der Waals surface area contributed by atoms with E-state index in [0.717, 1.165) is 12.8 Å². The summed E-state index contributed by atoms with van der Waals surface area (Å²) in [5.41, 5.74) is 1.05. The van der Waals surface area contributed by atoms with Crippen LogP contribution in [0, 0.1) is 23.6 Å². The number of nitrogens with zero attached hydrogens (tertiary/aromatic N) is 1. The van der Waals surface area contributed by atoms with Crippen molar-refractivity contribution in [1.82, 2.24) is 10.2 Å². The second-order valence-electron chi connectivity index (χ2n) is 12.0. The SMILES string of the molecule is CN(C)[C@@H]1C(O)=C(C(N)=O)C(=O)[C@@]2(O)C(O)=C3C(=O)c4c(O)cc(CNC(C)(C)C5CC5)c(F)c4C[C@H]3C[C@@H]12. The van der Waals surface area contributed by atoms with Gasteiger partial charge in [0, 0.05) is 34.7 Å². The standard InChI is InChI=1S/C28H34FN3O7/c1-27(2,13-5-6-13)31-10-12-9-16(33)18-14(20(12)29)7-11-8-15-21(32(3)4)23(35)19(26(30)38)25(37)28(15,39)24(36)17(11)22(18)34/h9,11,13,15,21,31,33,35-36,39H,5-8,10H2,1-4H3,(H2,30,38)/t11-,15-,21-,28-/m0/s1. The van der Waals surface area contributed by atoms with E-state index in [1.807, 2.05) is 13.8 Å². The molecule has 7 N–H and O–H groups in total. The first-order valence-electron chi connectivity index (χ1n) is 13.1. The van der Waals surface area contributed by atoms with Gasteiger partial charge in [0.05, 0.1) is 11.6 Å². The van der Waals surface area contributed by atoms with Crippen molar-refractivity contribution in [3.05, 3.63) is 51.2 Å². The number of nitrogens with one attached hydrogen (secondary N) is 1. The zero-order valence-electron chi connectivity index (χ0n) is 22.3. The monoisotopic (exact) mass is 543 g/mol. The number of allylic oxidation sites excluding steroid dienone is 1. The molecule has 0 bridgehead atoms. The number of rotatable bonds is 6. The second-order valence-corrected chi connectivity index (χ2v) is 12.0. The summed E-state index contributed by atoms with van der Waals surface area (Å²) < 4.78 is 15.8. The lowest BCUT2D eigenvalue weighted by molar-refractivity contribution is -0.148. The highest BCUT2D eigenvalue weighted by Gasteiger charge is 2.63. The normalized spacial score (nSPS) is 28.9. The van der Waals surface area contributed by atoms with Crippen LogP contribution in [0.3, 0.4) is 0 Å². The number of aromatic hydroxyl groups is 1. The van der Waals surface area contributed by atoms with Gasteiger partial charge in [0.25, 0.3) is 5.91 Å². The van der Waals surface area contributed by atoms with Crippen molar-refractivity contribution in [2.45, 2.75) is 63.3 Å². The highest BCUT2D eigenvalue weighted by atomic mass is 19.1. The van der Waals surface area contributed by atoms with Crippen LogP contribution in [-0.4, -0.2) is 74.1 Å². The van der Waals surface area contributed by atoms with Gasteiger partial charge in [0.2, 0.25) is 5.78 Å². The quantitative estimate of drug-likeness (QED) is 0.291. The third-order valence-corrected chi connectivity index (χ3v) is 9.06. The number of ketones is 2. The summed E-state index contributed by atoms with van der Waals surface area (Å²) in [4.78, 5) is 40.5. The molecule has 210 valence electrons. The maximum absolute atomic E-state index is 15.8. The summed E-state index contributed by atoms with van der Waals surface area (Å²) in [6.07, 6.45) is 1.99. The van der Waals surface area contributed by atoms with Crippen molar-refractivity contribution >= 4 is 17.5 Å². The maximum Gasteiger partial charge on any atom is 0.255 e. The van der Waals surface area contributed by atoms with E-state index in [2.05, 4.69) is 5.32 Å². The van der Waals surface area contributed by atoms with Crippen LogP contribution in [0.2, 0.25) is 0 Å². The first-order chi connectivity index (χ1) is 18.1. The number of nitrogens with two attached hydrogens (primary N) is 1. The maximum atomic E-state index is 15.8. The Morgan fingerprint density at radius 2 is 1.87 bits per heavy atom. The Hall–Kier alpha value is -3.28. The lowest BCUT2D eigenvalue weighted by Crippen LogP contribution is -2.63. The van der Waals surface area contributed by atoms with Crippen molar-refractivity contribution < 1.29 is 39.2 Å². The minimum absolute atomic E-state index is 0.00542. The molecule has 10 nitrogen and oxygen atoms in total. The molecular weight excluding hydrogens is 509 g/mol. The van der Waals surface area contributed by atoms with E-state index < -0.39 is 69.6 Å². The number of hydrogen-bond acceptors (Lipinski definition) is 9. The third kappa shape index (κ3) is 3.89. The molecule has 39 heavy (non-hydrogen) atoms. The average Bonchev–Trinajstić information content (AvgIpc) is 3.68. The molecule has 0 unspecified atom stereocenters. The van der Waals surface area contributed by atoms with Crippen molar-refractivity contribution in [2.24, 2.45) is 23.5 Å². The van der Waals surface area contributed by atoms with Gasteiger partial charge in [0.1, 0.15) is 28.7 Å². The summed E-state index contributed by atoms with van der Waals surface area (Å²) in [6.45, 7) is 4.21.